The number of nitrogens with zero attached hydrogens (tertiary/aromatic N) is 2. The van der Waals surface area contributed by atoms with Crippen LogP contribution in [0.15, 0.2) is 10.6 Å². The third-order valence-corrected chi connectivity index (χ3v) is 3.69. The van der Waals surface area contributed by atoms with E-state index in [1.54, 1.807) is 26.8 Å². The van der Waals surface area contributed by atoms with E-state index in [2.05, 4.69) is 15.5 Å². The highest BCUT2D eigenvalue weighted by atomic mass is 16.5. The van der Waals surface area contributed by atoms with Gasteiger partial charge in [-0.3, -0.25) is 4.79 Å². The Hall–Kier alpha value is -2.44. The molecule has 0 aliphatic carbocycles. The highest BCUT2D eigenvalue weighted by Gasteiger charge is 2.26. The number of carboxylic acid groups (broad SMARTS) is 1. The summed E-state index contributed by atoms with van der Waals surface area (Å²) in [6, 6.07) is 0.708. The minimum Gasteiger partial charge on any atom is -0.480 e. The number of fused-ring (bicyclic) bond motifs is 1. The Balaban J connectivity index is 2.50. The number of carbonyl (C=O) groups excluding carboxylic acids is 1. The van der Waals surface area contributed by atoms with Crippen LogP contribution in [0.1, 0.15) is 55.4 Å². The monoisotopic (exact) mass is 319 g/mol. The van der Waals surface area contributed by atoms with Crippen LogP contribution >= 0.6 is 0 Å². The smallest absolute Gasteiger partial charge is 0.326 e. The zero-order valence-corrected chi connectivity index (χ0v) is 13.9. The molecule has 0 aromatic carbocycles. The van der Waals surface area contributed by atoms with Crippen LogP contribution in [-0.2, 0) is 4.79 Å². The molecule has 2 N–H and O–H groups in total. The van der Waals surface area contributed by atoms with E-state index in [0.29, 0.717) is 22.3 Å². The van der Waals surface area contributed by atoms with Gasteiger partial charge < -0.3 is 14.9 Å². The second-order valence-corrected chi connectivity index (χ2v) is 6.23. The van der Waals surface area contributed by atoms with Gasteiger partial charge in [-0.15, -0.1) is 0 Å². The van der Waals surface area contributed by atoms with Gasteiger partial charge in [-0.1, -0.05) is 32.9 Å². The van der Waals surface area contributed by atoms with Gasteiger partial charge in [0.15, 0.2) is 0 Å². The van der Waals surface area contributed by atoms with Gasteiger partial charge >= 0.3 is 5.97 Å². The lowest BCUT2D eigenvalue weighted by Crippen LogP contribution is -2.44. The summed E-state index contributed by atoms with van der Waals surface area (Å²) in [5.41, 5.74) is 1.86. The van der Waals surface area contributed by atoms with E-state index >= 15 is 0 Å². The van der Waals surface area contributed by atoms with Crippen LogP contribution in [0, 0.1) is 12.8 Å². The number of carboxylic acids is 1. The van der Waals surface area contributed by atoms with Crippen molar-refractivity contribution in [2.24, 2.45) is 5.92 Å². The summed E-state index contributed by atoms with van der Waals surface area (Å²) >= 11 is 0. The summed E-state index contributed by atoms with van der Waals surface area (Å²) in [7, 11) is 0. The molecule has 0 saturated heterocycles. The number of nitrogens with one attached hydrogen (secondary N) is 1. The van der Waals surface area contributed by atoms with Gasteiger partial charge in [0.25, 0.3) is 11.6 Å². The number of pyridine rings is 1. The van der Waals surface area contributed by atoms with Crippen LogP contribution in [0.3, 0.4) is 0 Å². The van der Waals surface area contributed by atoms with Gasteiger partial charge in [-0.2, -0.15) is 0 Å². The zero-order chi connectivity index (χ0) is 17.3. The SMILES string of the molecule is Cc1noc2nc(C(C)C)cc(C(=O)N[C@@H](C(=O)O)C(C)C)c12. The van der Waals surface area contributed by atoms with Crippen molar-refractivity contribution in [2.45, 2.75) is 46.6 Å². The summed E-state index contributed by atoms with van der Waals surface area (Å²) in [6.07, 6.45) is 0. The second kappa shape index (κ2) is 6.36. The van der Waals surface area contributed by atoms with Crippen LogP contribution in [0.4, 0.5) is 0 Å². The van der Waals surface area contributed by atoms with Crippen LogP contribution in [0.5, 0.6) is 0 Å². The Morgan fingerprint density at radius 2 is 1.91 bits per heavy atom. The van der Waals surface area contributed by atoms with Crippen molar-refractivity contribution in [3.8, 4) is 0 Å². The number of aryl methyl sites for hydroxylation is 1. The van der Waals surface area contributed by atoms with Crippen LogP contribution < -0.4 is 5.32 Å². The lowest BCUT2D eigenvalue weighted by molar-refractivity contribution is -0.140. The van der Waals surface area contributed by atoms with E-state index in [0.717, 1.165) is 0 Å². The maximum absolute atomic E-state index is 12.6. The van der Waals surface area contributed by atoms with Crippen molar-refractivity contribution < 1.29 is 19.2 Å². The molecule has 124 valence electrons. The number of rotatable bonds is 5. The minimum atomic E-state index is -1.07. The van der Waals surface area contributed by atoms with Crippen molar-refractivity contribution in [1.29, 1.82) is 0 Å². The van der Waals surface area contributed by atoms with Crippen molar-refractivity contribution in [3.63, 3.8) is 0 Å². The molecular formula is C16H21N3O4. The Kier molecular flexibility index (Phi) is 4.68. The van der Waals surface area contributed by atoms with E-state index in [1.807, 2.05) is 13.8 Å². The third-order valence-electron chi connectivity index (χ3n) is 3.69. The number of aromatic nitrogens is 2. The van der Waals surface area contributed by atoms with E-state index in [1.165, 1.54) is 0 Å². The largest absolute Gasteiger partial charge is 0.480 e. The maximum atomic E-state index is 12.6. The van der Waals surface area contributed by atoms with Gasteiger partial charge in [0.05, 0.1) is 16.6 Å². The number of aliphatic carboxylic acids is 1. The lowest BCUT2D eigenvalue weighted by atomic mass is 10.0. The fraction of sp³-hybridized carbons (Fsp3) is 0.500. The zero-order valence-electron chi connectivity index (χ0n) is 13.9. The fourth-order valence-corrected chi connectivity index (χ4v) is 2.32. The summed E-state index contributed by atoms with van der Waals surface area (Å²) in [4.78, 5) is 28.3. The number of amides is 1. The molecule has 23 heavy (non-hydrogen) atoms. The van der Waals surface area contributed by atoms with E-state index in [4.69, 9.17) is 4.52 Å². The molecule has 2 aromatic rings. The molecule has 1 amide bonds. The topological polar surface area (TPSA) is 105 Å². The highest BCUT2D eigenvalue weighted by Crippen LogP contribution is 2.25. The molecule has 2 heterocycles. The van der Waals surface area contributed by atoms with Crippen molar-refractivity contribution in [2.75, 3.05) is 0 Å². The summed E-state index contributed by atoms with van der Waals surface area (Å²) in [5.74, 6) is -1.67. The number of carbonyl (C=O) groups is 2. The first-order valence-corrected chi connectivity index (χ1v) is 7.53. The lowest BCUT2D eigenvalue weighted by Gasteiger charge is -2.18. The molecule has 0 radical (unpaired) electrons. The van der Waals surface area contributed by atoms with Crippen LogP contribution in [0.2, 0.25) is 0 Å². The summed E-state index contributed by atoms with van der Waals surface area (Å²) < 4.78 is 5.17. The normalized spacial score (nSPS) is 12.8. The van der Waals surface area contributed by atoms with Gasteiger partial charge in [-0.05, 0) is 24.8 Å². The Morgan fingerprint density at radius 3 is 2.43 bits per heavy atom. The number of hydrogen-bond donors (Lipinski definition) is 2. The molecule has 0 saturated carbocycles. The minimum absolute atomic E-state index is 0.0942. The Morgan fingerprint density at radius 1 is 1.26 bits per heavy atom. The van der Waals surface area contributed by atoms with Gasteiger partial charge in [0.1, 0.15) is 6.04 Å². The summed E-state index contributed by atoms with van der Waals surface area (Å²) in [6.45, 7) is 9.10. The standard InChI is InChI=1S/C16H21N3O4/c1-7(2)11-6-10(12-9(5)19-23-15(12)17-11)14(20)18-13(8(3)4)16(21)22/h6-8,13H,1-5H3,(H,18,20)(H,21,22)/t13-/m1/s1. The Bertz CT molecular complexity index is 749. The van der Waals surface area contributed by atoms with Crippen LogP contribution in [-0.4, -0.2) is 33.2 Å². The van der Waals surface area contributed by atoms with Crippen LogP contribution in [0.25, 0.3) is 11.1 Å². The molecule has 0 unspecified atom stereocenters. The molecular weight excluding hydrogens is 298 g/mol. The summed E-state index contributed by atoms with van der Waals surface area (Å²) in [5, 5.41) is 16.2. The molecule has 0 fully saturated rings. The van der Waals surface area contributed by atoms with Gasteiger partial charge in [0, 0.05) is 5.69 Å². The molecule has 2 rings (SSSR count). The van der Waals surface area contributed by atoms with E-state index in [-0.39, 0.29) is 17.5 Å². The predicted octanol–water partition coefficient (Wildman–Crippen LogP) is 2.49. The van der Waals surface area contributed by atoms with Gasteiger partial charge in [-0.25, -0.2) is 9.78 Å². The average molecular weight is 319 g/mol. The molecule has 7 heteroatoms. The molecule has 7 nitrogen and oxygen atoms in total. The van der Waals surface area contributed by atoms with Crippen molar-refractivity contribution >= 4 is 23.0 Å². The molecule has 2 aromatic heterocycles. The molecule has 0 spiro atoms. The molecule has 0 aliphatic heterocycles. The maximum Gasteiger partial charge on any atom is 0.326 e. The number of hydrogen-bond acceptors (Lipinski definition) is 5. The van der Waals surface area contributed by atoms with E-state index < -0.39 is 17.9 Å². The van der Waals surface area contributed by atoms with Crippen molar-refractivity contribution in [3.05, 3.63) is 23.0 Å². The predicted molar refractivity (Wildman–Crippen MR) is 84.4 cm³/mol. The van der Waals surface area contributed by atoms with Crippen molar-refractivity contribution in [1.82, 2.24) is 15.5 Å². The molecule has 0 aliphatic rings. The molecule has 0 bridgehead atoms. The Labute approximate surface area is 134 Å². The first-order valence-electron chi connectivity index (χ1n) is 7.53. The first kappa shape index (κ1) is 16.9. The highest BCUT2D eigenvalue weighted by molar-refractivity contribution is 6.07. The third kappa shape index (κ3) is 3.33. The van der Waals surface area contributed by atoms with E-state index in [9.17, 15) is 14.7 Å². The quantitative estimate of drug-likeness (QED) is 0.877. The molecule has 1 atom stereocenters. The average Bonchev–Trinajstić information content (AvgIpc) is 2.84. The van der Waals surface area contributed by atoms with Gasteiger partial charge in [0.2, 0.25) is 0 Å². The first-order chi connectivity index (χ1) is 10.7. The fourth-order valence-electron chi connectivity index (χ4n) is 2.32. The second-order valence-electron chi connectivity index (χ2n) is 6.23.